The minimum Gasteiger partial charge on any atom is -0.481 e. The van der Waals surface area contributed by atoms with Gasteiger partial charge in [-0.3, -0.25) is 14.4 Å². The van der Waals surface area contributed by atoms with Crippen molar-refractivity contribution in [1.82, 2.24) is 10.6 Å². The molecule has 6 fully saturated rings. The van der Waals surface area contributed by atoms with E-state index in [0.29, 0.717) is 36.0 Å². The van der Waals surface area contributed by atoms with Crippen LogP contribution in [0.4, 0.5) is 0 Å². The van der Waals surface area contributed by atoms with Crippen LogP contribution in [0.3, 0.4) is 0 Å². The maximum atomic E-state index is 14.0. The van der Waals surface area contributed by atoms with Gasteiger partial charge in [-0.1, -0.05) is 74.3 Å². The number of rotatable bonds is 9. The molecule has 1 saturated heterocycles. The van der Waals surface area contributed by atoms with Crippen molar-refractivity contribution in [1.29, 1.82) is 0 Å². The number of hydrogen-bond donors (Lipinski definition) is 3. The lowest BCUT2D eigenvalue weighted by atomic mass is 9.33. The van der Waals surface area contributed by atoms with Gasteiger partial charge in [0.15, 0.2) is 5.78 Å². The second kappa shape index (κ2) is 13.2. The number of carbonyl (C=O) groups excluding carboxylic acids is 2. The number of carboxylic acid groups (broad SMARTS) is 1. The average Bonchev–Trinajstić information content (AvgIpc) is 3.37. The van der Waals surface area contributed by atoms with Crippen molar-refractivity contribution in [3.63, 3.8) is 0 Å². The Morgan fingerprint density at radius 1 is 0.865 bits per heavy atom. The van der Waals surface area contributed by atoms with Crippen LogP contribution in [-0.2, 0) is 19.1 Å². The molecular weight excluding hydrogens is 649 g/mol. The van der Waals surface area contributed by atoms with Gasteiger partial charge in [0, 0.05) is 29.8 Å². The lowest BCUT2D eigenvalue weighted by Crippen LogP contribution is -2.66. The lowest BCUT2D eigenvalue weighted by Gasteiger charge is -2.72. The van der Waals surface area contributed by atoms with Crippen LogP contribution >= 0.6 is 0 Å². The van der Waals surface area contributed by atoms with E-state index in [1.54, 1.807) is 5.57 Å². The molecule has 7 heteroatoms. The summed E-state index contributed by atoms with van der Waals surface area (Å²) in [7, 11) is 0. The molecule has 0 spiro atoms. The highest BCUT2D eigenvalue weighted by molar-refractivity contribution is 6.00. The number of fused-ring (bicyclic) bond motifs is 7. The van der Waals surface area contributed by atoms with Crippen molar-refractivity contribution in [3.8, 4) is 0 Å². The molecular formula is C45H72N2O5. The van der Waals surface area contributed by atoms with E-state index in [-0.39, 0.29) is 51.0 Å². The molecule has 0 unspecified atom stereocenters. The molecule has 7 nitrogen and oxygen atoms in total. The summed E-state index contributed by atoms with van der Waals surface area (Å²) in [6.07, 6.45) is 14.9. The fourth-order valence-corrected chi connectivity index (χ4v) is 14.9. The van der Waals surface area contributed by atoms with E-state index in [2.05, 4.69) is 59.1 Å². The number of piperidine rings is 1. The summed E-state index contributed by atoms with van der Waals surface area (Å²) in [5.74, 6) is 0.386. The van der Waals surface area contributed by atoms with E-state index in [0.717, 1.165) is 58.2 Å². The zero-order valence-corrected chi connectivity index (χ0v) is 34.2. The highest BCUT2D eigenvalue weighted by atomic mass is 16.5. The molecule has 11 atom stereocenters. The van der Waals surface area contributed by atoms with Crippen LogP contribution in [0.2, 0.25) is 0 Å². The standard InChI is InChI=1S/C45H72N2O5/c1-27(2)36-32(48)25-45(21-23-46-26-28-12-10-11-22-47-28)20-19-43(8)29(37(36)45)13-14-34-42(7)17-16-35(41(5,6)33(42)15-18-44(34,43)9)52-39(51)31-24-30(38(49)50)40(31,3)4/h27-31,33-35,46-47H,10-26H2,1-9H3,(H,49,50)/t28-,29-,30+,31-,33+,34-,35+,42+,43-,44-,45-/m1/s1. The number of ketones is 1. The normalized spacial score (nSPS) is 45.0. The van der Waals surface area contributed by atoms with E-state index in [9.17, 15) is 19.5 Å². The van der Waals surface area contributed by atoms with Crippen LogP contribution in [0.25, 0.3) is 0 Å². The summed E-state index contributed by atoms with van der Waals surface area (Å²) in [5, 5.41) is 17.2. The predicted octanol–water partition coefficient (Wildman–Crippen LogP) is 8.75. The Hall–Kier alpha value is -1.73. The van der Waals surface area contributed by atoms with Crippen LogP contribution in [0.5, 0.6) is 0 Å². The number of hydrogen-bond acceptors (Lipinski definition) is 6. The molecule has 0 amide bonds. The van der Waals surface area contributed by atoms with Gasteiger partial charge in [0.05, 0.1) is 11.8 Å². The van der Waals surface area contributed by atoms with Gasteiger partial charge in [0.1, 0.15) is 6.10 Å². The number of nitrogens with one attached hydrogen (secondary N) is 2. The molecule has 292 valence electrons. The van der Waals surface area contributed by atoms with Crippen molar-refractivity contribution in [3.05, 3.63) is 11.1 Å². The van der Waals surface area contributed by atoms with E-state index < -0.39 is 17.3 Å². The van der Waals surface area contributed by atoms with Crippen molar-refractivity contribution in [2.45, 2.75) is 164 Å². The van der Waals surface area contributed by atoms with Crippen LogP contribution in [-0.4, -0.2) is 54.6 Å². The Morgan fingerprint density at radius 3 is 2.27 bits per heavy atom. The summed E-state index contributed by atoms with van der Waals surface area (Å²) < 4.78 is 6.43. The zero-order chi connectivity index (χ0) is 37.6. The largest absolute Gasteiger partial charge is 0.481 e. The molecule has 1 aliphatic heterocycles. The number of esters is 1. The highest BCUT2D eigenvalue weighted by Crippen LogP contribution is 2.77. The molecule has 0 aromatic rings. The second-order valence-corrected chi connectivity index (χ2v) is 21.4. The van der Waals surface area contributed by atoms with Crippen LogP contribution in [0.15, 0.2) is 11.1 Å². The van der Waals surface area contributed by atoms with Crippen molar-refractivity contribution >= 4 is 17.7 Å². The summed E-state index contributed by atoms with van der Waals surface area (Å²) in [5.41, 5.74) is 2.55. The third-order valence-electron chi connectivity index (χ3n) is 18.2. The van der Waals surface area contributed by atoms with Crippen LogP contribution in [0.1, 0.15) is 152 Å². The maximum Gasteiger partial charge on any atom is 0.309 e. The second-order valence-electron chi connectivity index (χ2n) is 21.4. The van der Waals surface area contributed by atoms with E-state index in [1.807, 2.05) is 13.8 Å². The first-order valence-electron chi connectivity index (χ1n) is 21.5. The topological polar surface area (TPSA) is 105 Å². The van der Waals surface area contributed by atoms with Crippen molar-refractivity contribution in [2.24, 2.45) is 68.0 Å². The maximum absolute atomic E-state index is 14.0. The Kier molecular flexibility index (Phi) is 9.78. The Balaban J connectivity index is 1.10. The highest BCUT2D eigenvalue weighted by Gasteiger charge is 2.70. The predicted molar refractivity (Wildman–Crippen MR) is 205 cm³/mol. The van der Waals surface area contributed by atoms with Crippen LogP contribution < -0.4 is 10.6 Å². The quantitative estimate of drug-likeness (QED) is 0.162. The smallest absolute Gasteiger partial charge is 0.309 e. The van der Waals surface area contributed by atoms with E-state index in [4.69, 9.17) is 4.74 Å². The van der Waals surface area contributed by atoms with Gasteiger partial charge in [-0.25, -0.2) is 0 Å². The van der Waals surface area contributed by atoms with Gasteiger partial charge in [0.2, 0.25) is 0 Å². The first-order chi connectivity index (χ1) is 24.3. The van der Waals surface area contributed by atoms with Crippen LogP contribution in [0, 0.1) is 68.0 Å². The number of carbonyl (C=O) groups is 3. The molecule has 0 bridgehead atoms. The lowest BCUT2D eigenvalue weighted by molar-refractivity contribution is -0.236. The third-order valence-corrected chi connectivity index (χ3v) is 18.2. The van der Waals surface area contributed by atoms with E-state index in [1.165, 1.54) is 50.5 Å². The molecule has 52 heavy (non-hydrogen) atoms. The van der Waals surface area contributed by atoms with Gasteiger partial charge in [-0.15, -0.1) is 0 Å². The van der Waals surface area contributed by atoms with E-state index >= 15 is 0 Å². The Morgan fingerprint density at radius 2 is 1.62 bits per heavy atom. The fourth-order valence-electron chi connectivity index (χ4n) is 14.9. The first kappa shape index (κ1) is 38.5. The average molecular weight is 721 g/mol. The minimum atomic E-state index is -0.809. The molecule has 0 aromatic carbocycles. The van der Waals surface area contributed by atoms with Gasteiger partial charge in [-0.05, 0) is 141 Å². The molecule has 7 aliphatic rings. The van der Waals surface area contributed by atoms with Gasteiger partial charge >= 0.3 is 11.9 Å². The molecule has 7 rings (SSSR count). The number of allylic oxidation sites excluding steroid dienone is 2. The van der Waals surface area contributed by atoms with Crippen molar-refractivity contribution in [2.75, 3.05) is 19.6 Å². The summed E-state index contributed by atoms with van der Waals surface area (Å²) in [6, 6.07) is 0.577. The molecule has 1 heterocycles. The fraction of sp³-hybridized carbons (Fsp3) is 0.889. The molecule has 0 radical (unpaired) electrons. The molecule has 5 saturated carbocycles. The Bertz CT molecular complexity index is 1480. The molecule has 6 aliphatic carbocycles. The number of aliphatic carboxylic acids is 1. The van der Waals surface area contributed by atoms with Crippen molar-refractivity contribution < 1.29 is 24.2 Å². The number of ether oxygens (including phenoxy) is 1. The summed E-state index contributed by atoms with van der Waals surface area (Å²) in [4.78, 5) is 39.4. The summed E-state index contributed by atoms with van der Waals surface area (Å²) >= 11 is 0. The monoisotopic (exact) mass is 721 g/mol. The number of carboxylic acids is 1. The molecule has 3 N–H and O–H groups in total. The minimum absolute atomic E-state index is 0.0154. The number of Topliss-reactive ketones (excluding diaryl/α,β-unsaturated/α-hetero) is 1. The SMILES string of the molecule is CC(C)C1=C2[C@H]3CC[C@@H]4[C@@]5(C)CC[C@H](OC(=O)[C@H]6C[C@@H](C(=O)O)C6(C)C)C(C)(C)[C@@H]5CC[C@@]4(C)[C@]3(C)CC[C@@]2(CCNC[C@H]2CCCCN2)CC1=O. The molecule has 0 aromatic heterocycles. The summed E-state index contributed by atoms with van der Waals surface area (Å²) in [6.45, 7) is 24.1. The first-order valence-corrected chi connectivity index (χ1v) is 21.5. The Labute approximate surface area is 315 Å². The third kappa shape index (κ3) is 5.64. The zero-order valence-electron chi connectivity index (χ0n) is 34.2. The van der Waals surface area contributed by atoms with Gasteiger partial charge in [-0.2, -0.15) is 0 Å². The van der Waals surface area contributed by atoms with Gasteiger partial charge < -0.3 is 20.5 Å². The van der Waals surface area contributed by atoms with Gasteiger partial charge in [0.25, 0.3) is 0 Å².